The van der Waals surface area contributed by atoms with Gasteiger partial charge >= 0.3 is 0 Å². The molecule has 3 rings (SSSR count). The van der Waals surface area contributed by atoms with Gasteiger partial charge in [-0.05, 0) is 48.7 Å². The van der Waals surface area contributed by atoms with Crippen molar-refractivity contribution in [2.24, 2.45) is 0 Å². The van der Waals surface area contributed by atoms with Crippen LogP contribution in [-0.4, -0.2) is 11.0 Å². The van der Waals surface area contributed by atoms with Crippen molar-refractivity contribution >= 4 is 0 Å². The molecule has 1 aromatic heterocycles. The Labute approximate surface area is 110 Å². The number of aromatic nitrogens is 1. The molecule has 4 heteroatoms. The van der Waals surface area contributed by atoms with Gasteiger partial charge in [-0.15, -0.1) is 0 Å². The standard InChI is InChI=1S/C15H15FN2O/c16-12-4-1-10(2-5-12)14-8-3-11(15(19)18-14)9-17-13-6-7-13/h1-5,8,13,17H,6-7,9H2,(H,18,19). The maximum Gasteiger partial charge on any atom is 0.252 e. The molecule has 98 valence electrons. The highest BCUT2D eigenvalue weighted by Crippen LogP contribution is 2.19. The van der Waals surface area contributed by atoms with Crippen LogP contribution in [0, 0.1) is 5.82 Å². The fourth-order valence-corrected chi connectivity index (χ4v) is 1.98. The number of aromatic amines is 1. The van der Waals surface area contributed by atoms with Crippen molar-refractivity contribution in [1.29, 1.82) is 0 Å². The summed E-state index contributed by atoms with van der Waals surface area (Å²) in [6, 6.07) is 10.3. The van der Waals surface area contributed by atoms with Crippen LogP contribution < -0.4 is 10.9 Å². The topological polar surface area (TPSA) is 44.9 Å². The number of halogens is 1. The minimum atomic E-state index is -0.281. The molecule has 2 aromatic rings. The molecule has 1 saturated carbocycles. The normalized spacial score (nSPS) is 14.6. The third kappa shape index (κ3) is 2.90. The molecular weight excluding hydrogens is 243 g/mol. The number of rotatable bonds is 4. The van der Waals surface area contributed by atoms with Crippen molar-refractivity contribution in [2.45, 2.75) is 25.4 Å². The van der Waals surface area contributed by atoms with Gasteiger partial charge in [-0.3, -0.25) is 4.79 Å². The molecule has 19 heavy (non-hydrogen) atoms. The highest BCUT2D eigenvalue weighted by atomic mass is 19.1. The Morgan fingerprint density at radius 1 is 1.16 bits per heavy atom. The summed E-state index contributed by atoms with van der Waals surface area (Å²) >= 11 is 0. The number of H-pyrrole nitrogens is 1. The molecule has 0 atom stereocenters. The summed E-state index contributed by atoms with van der Waals surface area (Å²) in [5.41, 5.74) is 2.16. The van der Waals surface area contributed by atoms with E-state index in [1.165, 1.54) is 25.0 Å². The van der Waals surface area contributed by atoms with Gasteiger partial charge in [0.2, 0.25) is 0 Å². The van der Waals surface area contributed by atoms with Gasteiger partial charge in [0, 0.05) is 23.8 Å². The van der Waals surface area contributed by atoms with Gasteiger partial charge in [0.25, 0.3) is 5.56 Å². The molecule has 2 N–H and O–H groups in total. The molecule has 0 saturated heterocycles. The first-order chi connectivity index (χ1) is 9.22. The van der Waals surface area contributed by atoms with E-state index >= 15 is 0 Å². The van der Waals surface area contributed by atoms with Crippen LogP contribution in [0.2, 0.25) is 0 Å². The Hall–Kier alpha value is -1.94. The molecule has 0 bridgehead atoms. The first-order valence-corrected chi connectivity index (χ1v) is 6.44. The summed E-state index contributed by atoms with van der Waals surface area (Å²) in [5.74, 6) is -0.281. The van der Waals surface area contributed by atoms with Gasteiger partial charge in [0.15, 0.2) is 0 Å². The summed E-state index contributed by atoms with van der Waals surface area (Å²) in [5, 5.41) is 3.31. The van der Waals surface area contributed by atoms with Crippen molar-refractivity contribution in [1.82, 2.24) is 10.3 Å². The lowest BCUT2D eigenvalue weighted by Crippen LogP contribution is -2.22. The minimum Gasteiger partial charge on any atom is -0.322 e. The van der Waals surface area contributed by atoms with Crippen LogP contribution in [0.5, 0.6) is 0 Å². The van der Waals surface area contributed by atoms with Gasteiger partial charge in [0.05, 0.1) is 0 Å². The molecule has 1 aliphatic rings. The molecule has 3 nitrogen and oxygen atoms in total. The number of hydrogen-bond acceptors (Lipinski definition) is 2. The van der Waals surface area contributed by atoms with E-state index in [0.29, 0.717) is 18.3 Å². The molecular formula is C15H15FN2O. The Morgan fingerprint density at radius 3 is 2.53 bits per heavy atom. The van der Waals surface area contributed by atoms with Crippen LogP contribution >= 0.6 is 0 Å². The van der Waals surface area contributed by atoms with Gasteiger partial charge < -0.3 is 10.3 Å². The average molecular weight is 258 g/mol. The molecule has 1 aliphatic carbocycles. The van der Waals surface area contributed by atoms with Crippen LogP contribution in [-0.2, 0) is 6.54 Å². The van der Waals surface area contributed by atoms with E-state index in [-0.39, 0.29) is 11.4 Å². The summed E-state index contributed by atoms with van der Waals surface area (Å²) < 4.78 is 12.8. The fraction of sp³-hybridized carbons (Fsp3) is 0.267. The van der Waals surface area contributed by atoms with Crippen molar-refractivity contribution < 1.29 is 4.39 Å². The lowest BCUT2D eigenvalue weighted by atomic mass is 10.1. The predicted octanol–water partition coefficient (Wildman–Crippen LogP) is 2.43. The highest BCUT2D eigenvalue weighted by molar-refractivity contribution is 5.58. The average Bonchev–Trinajstić information content (AvgIpc) is 3.22. The Kier molecular flexibility index (Phi) is 3.17. The lowest BCUT2D eigenvalue weighted by Gasteiger charge is -2.05. The monoisotopic (exact) mass is 258 g/mol. The van der Waals surface area contributed by atoms with Crippen molar-refractivity contribution in [3.05, 3.63) is 58.1 Å². The van der Waals surface area contributed by atoms with E-state index < -0.39 is 0 Å². The van der Waals surface area contributed by atoms with Crippen LogP contribution in [0.1, 0.15) is 18.4 Å². The van der Waals surface area contributed by atoms with E-state index in [2.05, 4.69) is 10.3 Å². The van der Waals surface area contributed by atoms with E-state index in [0.717, 1.165) is 11.1 Å². The Morgan fingerprint density at radius 2 is 1.89 bits per heavy atom. The zero-order chi connectivity index (χ0) is 13.2. The SMILES string of the molecule is O=c1[nH]c(-c2ccc(F)cc2)ccc1CNC1CC1. The predicted molar refractivity (Wildman–Crippen MR) is 72.3 cm³/mol. The number of pyridine rings is 1. The molecule has 1 fully saturated rings. The summed E-state index contributed by atoms with van der Waals surface area (Å²) in [4.78, 5) is 14.8. The largest absolute Gasteiger partial charge is 0.322 e. The molecule has 1 aromatic carbocycles. The zero-order valence-corrected chi connectivity index (χ0v) is 10.4. The van der Waals surface area contributed by atoms with Crippen LogP contribution in [0.3, 0.4) is 0 Å². The third-order valence-corrected chi connectivity index (χ3v) is 3.30. The molecule has 0 radical (unpaired) electrons. The second kappa shape index (κ2) is 4.97. The van der Waals surface area contributed by atoms with E-state index in [9.17, 15) is 9.18 Å². The van der Waals surface area contributed by atoms with Gasteiger partial charge in [-0.2, -0.15) is 0 Å². The molecule has 0 amide bonds. The van der Waals surface area contributed by atoms with Crippen LogP contribution in [0.25, 0.3) is 11.3 Å². The number of nitrogens with one attached hydrogen (secondary N) is 2. The maximum absolute atomic E-state index is 12.8. The van der Waals surface area contributed by atoms with E-state index in [4.69, 9.17) is 0 Å². The lowest BCUT2D eigenvalue weighted by molar-refractivity contribution is 0.628. The molecule has 1 heterocycles. The first kappa shape index (κ1) is 12.1. The smallest absolute Gasteiger partial charge is 0.252 e. The second-order valence-corrected chi connectivity index (χ2v) is 4.89. The minimum absolute atomic E-state index is 0.0880. The summed E-state index contributed by atoms with van der Waals surface area (Å²) in [7, 11) is 0. The van der Waals surface area contributed by atoms with Crippen molar-refractivity contribution in [3.8, 4) is 11.3 Å². The third-order valence-electron chi connectivity index (χ3n) is 3.30. The second-order valence-electron chi connectivity index (χ2n) is 4.89. The number of benzene rings is 1. The summed E-state index contributed by atoms with van der Waals surface area (Å²) in [6.45, 7) is 0.601. The van der Waals surface area contributed by atoms with Crippen LogP contribution in [0.15, 0.2) is 41.2 Å². The molecule has 0 aliphatic heterocycles. The maximum atomic E-state index is 12.8. The first-order valence-electron chi connectivity index (χ1n) is 6.44. The molecule has 0 unspecified atom stereocenters. The van der Waals surface area contributed by atoms with Gasteiger partial charge in [0.1, 0.15) is 5.82 Å². The fourth-order valence-electron chi connectivity index (χ4n) is 1.98. The van der Waals surface area contributed by atoms with Gasteiger partial charge in [-0.25, -0.2) is 4.39 Å². The molecule has 0 spiro atoms. The van der Waals surface area contributed by atoms with Gasteiger partial charge in [-0.1, -0.05) is 6.07 Å². The highest BCUT2D eigenvalue weighted by Gasteiger charge is 2.20. The van der Waals surface area contributed by atoms with Crippen molar-refractivity contribution in [3.63, 3.8) is 0 Å². The van der Waals surface area contributed by atoms with E-state index in [1.807, 2.05) is 12.1 Å². The zero-order valence-electron chi connectivity index (χ0n) is 10.4. The number of hydrogen-bond donors (Lipinski definition) is 2. The quantitative estimate of drug-likeness (QED) is 0.884. The van der Waals surface area contributed by atoms with E-state index in [1.54, 1.807) is 12.1 Å². The Balaban J connectivity index is 1.81. The summed E-state index contributed by atoms with van der Waals surface area (Å²) in [6.07, 6.45) is 2.40. The Bertz CT molecular complexity index is 629. The van der Waals surface area contributed by atoms with Crippen molar-refractivity contribution in [2.75, 3.05) is 0 Å². The van der Waals surface area contributed by atoms with Crippen LogP contribution in [0.4, 0.5) is 4.39 Å².